The van der Waals surface area contributed by atoms with Crippen LogP contribution in [0.5, 0.6) is 5.75 Å². The lowest BCUT2D eigenvalue weighted by Crippen LogP contribution is -2.02. The van der Waals surface area contributed by atoms with Crippen LogP contribution in [0.25, 0.3) is 0 Å². The number of halogens is 1. The molecule has 2 aromatic carbocycles. The van der Waals surface area contributed by atoms with Crippen LogP contribution in [0.1, 0.15) is 22.8 Å². The first-order valence-electron chi connectivity index (χ1n) is 5.77. The van der Waals surface area contributed by atoms with Crippen molar-refractivity contribution in [1.82, 2.24) is 0 Å². The lowest BCUT2D eigenvalue weighted by atomic mass is 10.00. The molecule has 0 spiro atoms. The van der Waals surface area contributed by atoms with Crippen molar-refractivity contribution in [2.24, 2.45) is 0 Å². The fourth-order valence-electron chi connectivity index (χ4n) is 1.93. The van der Waals surface area contributed by atoms with E-state index in [0.29, 0.717) is 12.0 Å². The third-order valence-corrected chi connectivity index (χ3v) is 2.81. The summed E-state index contributed by atoms with van der Waals surface area (Å²) in [4.78, 5) is 0. The normalized spacial score (nSPS) is 12.4. The summed E-state index contributed by atoms with van der Waals surface area (Å²) < 4.78 is 13.2. The minimum atomic E-state index is -0.746. The number of hydrogen-bond acceptors (Lipinski definition) is 2. The topological polar surface area (TPSA) is 40.5 Å². The lowest BCUT2D eigenvalue weighted by Gasteiger charge is -2.12. The Bertz CT molecular complexity index is 514. The molecule has 3 heteroatoms. The van der Waals surface area contributed by atoms with Crippen LogP contribution in [0.2, 0.25) is 0 Å². The predicted octanol–water partition coefficient (Wildman–Crippen LogP) is 3.12. The van der Waals surface area contributed by atoms with E-state index in [1.54, 1.807) is 37.3 Å². The quantitative estimate of drug-likeness (QED) is 0.873. The number of aliphatic hydroxyl groups is 1. The zero-order valence-electron chi connectivity index (χ0n) is 10.1. The summed E-state index contributed by atoms with van der Waals surface area (Å²) in [6.45, 7) is 1.79. The fraction of sp³-hybridized carbons (Fsp3) is 0.200. The zero-order valence-corrected chi connectivity index (χ0v) is 10.1. The Hall–Kier alpha value is -1.87. The number of aryl methyl sites for hydroxylation is 1. The van der Waals surface area contributed by atoms with Crippen LogP contribution < -0.4 is 0 Å². The summed E-state index contributed by atoms with van der Waals surface area (Å²) in [5, 5.41) is 19.2. The van der Waals surface area contributed by atoms with E-state index in [9.17, 15) is 9.50 Å². The molecular weight excluding hydrogens is 231 g/mol. The fourth-order valence-corrected chi connectivity index (χ4v) is 1.93. The number of aromatic hydroxyl groups is 1. The maximum atomic E-state index is 13.2. The van der Waals surface area contributed by atoms with Crippen LogP contribution in [0.3, 0.4) is 0 Å². The van der Waals surface area contributed by atoms with E-state index in [0.717, 1.165) is 11.1 Å². The van der Waals surface area contributed by atoms with Gasteiger partial charge in [-0.15, -0.1) is 0 Å². The second-order valence-corrected chi connectivity index (χ2v) is 4.45. The molecular formula is C15H15FO2. The van der Waals surface area contributed by atoms with E-state index in [4.69, 9.17) is 5.11 Å². The van der Waals surface area contributed by atoms with Crippen LogP contribution in [0.4, 0.5) is 4.39 Å². The van der Waals surface area contributed by atoms with Gasteiger partial charge in [0.25, 0.3) is 0 Å². The number of aliphatic hydroxyl groups excluding tert-OH is 1. The average Bonchev–Trinajstić information content (AvgIpc) is 2.31. The molecule has 2 N–H and O–H groups in total. The number of phenols is 1. The van der Waals surface area contributed by atoms with Crippen molar-refractivity contribution in [3.8, 4) is 5.75 Å². The monoisotopic (exact) mass is 246 g/mol. The van der Waals surface area contributed by atoms with Crippen molar-refractivity contribution in [3.63, 3.8) is 0 Å². The van der Waals surface area contributed by atoms with Crippen molar-refractivity contribution in [2.75, 3.05) is 0 Å². The smallest absolute Gasteiger partial charge is 0.123 e. The van der Waals surface area contributed by atoms with Gasteiger partial charge in [-0.05, 0) is 47.9 Å². The minimum Gasteiger partial charge on any atom is -0.508 e. The van der Waals surface area contributed by atoms with E-state index in [1.165, 1.54) is 12.1 Å². The van der Waals surface area contributed by atoms with E-state index in [2.05, 4.69) is 0 Å². The Labute approximate surface area is 105 Å². The van der Waals surface area contributed by atoms with Gasteiger partial charge >= 0.3 is 0 Å². The lowest BCUT2D eigenvalue weighted by molar-refractivity contribution is 0.178. The van der Waals surface area contributed by atoms with Gasteiger partial charge in [0.15, 0.2) is 0 Å². The first-order chi connectivity index (χ1) is 8.54. The molecule has 0 bridgehead atoms. The number of hydrogen-bond donors (Lipinski definition) is 2. The largest absolute Gasteiger partial charge is 0.508 e. The molecule has 0 aromatic heterocycles. The van der Waals surface area contributed by atoms with Crippen LogP contribution in [0, 0.1) is 12.7 Å². The predicted molar refractivity (Wildman–Crippen MR) is 67.9 cm³/mol. The molecule has 0 saturated carbocycles. The van der Waals surface area contributed by atoms with E-state index < -0.39 is 6.10 Å². The number of phenolic OH excluding ortho intramolecular Hbond substituents is 1. The van der Waals surface area contributed by atoms with Crippen molar-refractivity contribution in [3.05, 3.63) is 65.0 Å². The standard InChI is InChI=1S/C15H15FO2/c1-10-6-12(9-13(16)7-10)15(18)8-11-2-4-14(17)5-3-11/h2-7,9,15,17-18H,8H2,1H3. The van der Waals surface area contributed by atoms with Crippen LogP contribution >= 0.6 is 0 Å². The molecule has 1 unspecified atom stereocenters. The maximum Gasteiger partial charge on any atom is 0.123 e. The molecule has 94 valence electrons. The first-order valence-corrected chi connectivity index (χ1v) is 5.77. The van der Waals surface area contributed by atoms with Gasteiger partial charge in [-0.3, -0.25) is 0 Å². The summed E-state index contributed by atoms with van der Waals surface area (Å²) in [5.74, 6) is -0.149. The van der Waals surface area contributed by atoms with Gasteiger partial charge in [0.1, 0.15) is 11.6 Å². The van der Waals surface area contributed by atoms with Gasteiger partial charge in [0.2, 0.25) is 0 Å². The first kappa shape index (κ1) is 12.6. The van der Waals surface area contributed by atoms with Gasteiger partial charge in [0.05, 0.1) is 6.10 Å². The minimum absolute atomic E-state index is 0.190. The summed E-state index contributed by atoms with van der Waals surface area (Å²) in [6.07, 6.45) is -0.354. The number of benzene rings is 2. The molecule has 2 rings (SSSR count). The second kappa shape index (κ2) is 5.19. The Balaban J connectivity index is 2.16. The Morgan fingerprint density at radius 3 is 2.39 bits per heavy atom. The molecule has 18 heavy (non-hydrogen) atoms. The van der Waals surface area contributed by atoms with Crippen LogP contribution in [0.15, 0.2) is 42.5 Å². The Morgan fingerprint density at radius 2 is 1.78 bits per heavy atom. The Morgan fingerprint density at radius 1 is 1.11 bits per heavy atom. The van der Waals surface area contributed by atoms with E-state index >= 15 is 0 Å². The molecule has 0 heterocycles. The van der Waals surface area contributed by atoms with Gasteiger partial charge in [-0.1, -0.05) is 18.2 Å². The summed E-state index contributed by atoms with van der Waals surface area (Å²) in [6, 6.07) is 11.2. The van der Waals surface area contributed by atoms with Gasteiger partial charge < -0.3 is 10.2 Å². The van der Waals surface area contributed by atoms with E-state index in [1.807, 2.05) is 0 Å². The molecule has 1 atom stereocenters. The van der Waals surface area contributed by atoms with Crippen molar-refractivity contribution in [2.45, 2.75) is 19.4 Å². The van der Waals surface area contributed by atoms with Crippen LogP contribution in [-0.2, 0) is 6.42 Å². The van der Waals surface area contributed by atoms with E-state index in [-0.39, 0.29) is 11.6 Å². The highest BCUT2D eigenvalue weighted by atomic mass is 19.1. The van der Waals surface area contributed by atoms with Gasteiger partial charge in [-0.2, -0.15) is 0 Å². The second-order valence-electron chi connectivity index (χ2n) is 4.45. The SMILES string of the molecule is Cc1cc(F)cc(C(O)Cc2ccc(O)cc2)c1. The maximum absolute atomic E-state index is 13.2. The third kappa shape index (κ3) is 3.08. The molecule has 0 amide bonds. The molecule has 0 aliphatic heterocycles. The molecule has 2 aromatic rings. The Kier molecular flexibility index (Phi) is 3.63. The summed E-state index contributed by atoms with van der Waals surface area (Å²) in [7, 11) is 0. The van der Waals surface area contributed by atoms with Crippen LogP contribution in [-0.4, -0.2) is 10.2 Å². The van der Waals surface area contributed by atoms with Gasteiger partial charge in [-0.25, -0.2) is 4.39 Å². The van der Waals surface area contributed by atoms with Gasteiger partial charge in [0, 0.05) is 6.42 Å². The van der Waals surface area contributed by atoms with Crippen molar-refractivity contribution < 1.29 is 14.6 Å². The summed E-state index contributed by atoms with van der Waals surface area (Å²) >= 11 is 0. The molecule has 0 aliphatic carbocycles. The molecule has 0 radical (unpaired) electrons. The molecule has 2 nitrogen and oxygen atoms in total. The van der Waals surface area contributed by atoms with Crippen molar-refractivity contribution >= 4 is 0 Å². The zero-order chi connectivity index (χ0) is 13.1. The highest BCUT2D eigenvalue weighted by molar-refractivity contribution is 5.29. The average molecular weight is 246 g/mol. The molecule has 0 aliphatic rings. The highest BCUT2D eigenvalue weighted by Gasteiger charge is 2.10. The molecule has 0 fully saturated rings. The third-order valence-electron chi connectivity index (χ3n) is 2.81. The highest BCUT2D eigenvalue weighted by Crippen LogP contribution is 2.21. The molecule has 0 saturated heterocycles. The van der Waals surface area contributed by atoms with Crippen molar-refractivity contribution in [1.29, 1.82) is 0 Å². The summed E-state index contributed by atoms with van der Waals surface area (Å²) in [5.41, 5.74) is 2.25. The number of rotatable bonds is 3.